The van der Waals surface area contributed by atoms with E-state index in [0.29, 0.717) is 6.04 Å². The van der Waals surface area contributed by atoms with E-state index >= 15 is 0 Å². The van der Waals surface area contributed by atoms with Gasteiger partial charge in [0.05, 0.1) is 7.11 Å². The lowest BCUT2D eigenvalue weighted by molar-refractivity contribution is 0.379. The van der Waals surface area contributed by atoms with Crippen molar-refractivity contribution in [3.05, 3.63) is 27.7 Å². The van der Waals surface area contributed by atoms with Crippen molar-refractivity contribution in [3.63, 3.8) is 0 Å². The van der Waals surface area contributed by atoms with Gasteiger partial charge in [-0.2, -0.15) is 0 Å². The van der Waals surface area contributed by atoms with Crippen molar-refractivity contribution < 1.29 is 4.74 Å². The van der Waals surface area contributed by atoms with Gasteiger partial charge in [-0.1, -0.05) is 29.3 Å². The molecule has 2 nitrogen and oxygen atoms in total. The molecule has 0 bridgehead atoms. The quantitative estimate of drug-likeness (QED) is 0.915. The fourth-order valence-corrected chi connectivity index (χ4v) is 3.30. The van der Waals surface area contributed by atoms with Crippen LogP contribution in [0.2, 0.25) is 0 Å². The average Bonchev–Trinajstić information content (AvgIpc) is 2.39. The maximum atomic E-state index is 5.62. The molecule has 0 aliphatic carbocycles. The van der Waals surface area contributed by atoms with E-state index in [4.69, 9.17) is 4.74 Å². The third-order valence-electron chi connectivity index (χ3n) is 3.67. The van der Waals surface area contributed by atoms with Crippen molar-refractivity contribution in [2.75, 3.05) is 13.7 Å². The summed E-state index contributed by atoms with van der Waals surface area (Å²) in [5.74, 6) is 1.08. The number of benzene rings is 1. The Bertz CT molecular complexity index is 400. The minimum absolute atomic E-state index is 0.603. The largest absolute Gasteiger partial charge is 0.496 e. The van der Waals surface area contributed by atoms with Crippen molar-refractivity contribution in [3.8, 4) is 5.75 Å². The zero-order valence-corrected chi connectivity index (χ0v) is 12.8. The Hall–Kier alpha value is -0.540. The molecule has 2 rings (SSSR count). The maximum absolute atomic E-state index is 5.62. The molecule has 1 aliphatic rings. The van der Waals surface area contributed by atoms with E-state index in [1.165, 1.54) is 30.4 Å². The summed E-state index contributed by atoms with van der Waals surface area (Å²) in [6.07, 6.45) is 6.00. The number of hydrogen-bond acceptors (Lipinski definition) is 2. The molecule has 1 N–H and O–H groups in total. The number of ether oxygens (including phenoxy) is 1. The molecule has 1 saturated heterocycles. The molecule has 3 heteroatoms. The molecule has 1 atom stereocenters. The number of hydrogen-bond donors (Lipinski definition) is 1. The average molecular weight is 312 g/mol. The summed E-state index contributed by atoms with van der Waals surface area (Å²) >= 11 is 3.61. The Morgan fingerprint density at radius 1 is 1.33 bits per heavy atom. The second-order valence-corrected chi connectivity index (χ2v) is 5.88. The Balaban J connectivity index is 2.21. The van der Waals surface area contributed by atoms with Crippen LogP contribution in [0.25, 0.3) is 0 Å². The number of halogens is 1. The molecule has 0 radical (unpaired) electrons. The van der Waals surface area contributed by atoms with E-state index in [2.05, 4.69) is 40.3 Å². The zero-order chi connectivity index (χ0) is 13.0. The second-order valence-electron chi connectivity index (χ2n) is 4.96. The van der Waals surface area contributed by atoms with Gasteiger partial charge in [0, 0.05) is 10.5 Å². The number of piperidine rings is 1. The second kappa shape index (κ2) is 6.58. The Labute approximate surface area is 118 Å². The van der Waals surface area contributed by atoms with E-state index in [0.717, 1.165) is 29.6 Å². The van der Waals surface area contributed by atoms with Gasteiger partial charge in [-0.25, -0.2) is 0 Å². The van der Waals surface area contributed by atoms with Crippen molar-refractivity contribution >= 4 is 15.9 Å². The van der Waals surface area contributed by atoms with E-state index in [9.17, 15) is 0 Å². The predicted molar refractivity (Wildman–Crippen MR) is 79.4 cm³/mol. The first-order chi connectivity index (χ1) is 8.74. The highest BCUT2D eigenvalue weighted by Gasteiger charge is 2.17. The molecule has 1 heterocycles. The first-order valence-electron chi connectivity index (χ1n) is 6.83. The zero-order valence-electron chi connectivity index (χ0n) is 11.3. The van der Waals surface area contributed by atoms with Crippen LogP contribution in [0.1, 0.15) is 37.3 Å². The number of rotatable bonds is 4. The molecule has 0 aromatic heterocycles. The minimum Gasteiger partial charge on any atom is -0.496 e. The highest BCUT2D eigenvalue weighted by molar-refractivity contribution is 9.10. The molecule has 1 aromatic carbocycles. The lowest BCUT2D eigenvalue weighted by atomic mass is 9.95. The van der Waals surface area contributed by atoms with Crippen LogP contribution in [0.3, 0.4) is 0 Å². The van der Waals surface area contributed by atoms with Crippen LogP contribution < -0.4 is 10.1 Å². The first-order valence-corrected chi connectivity index (χ1v) is 7.62. The SMILES string of the molecule is CCc1cc(Br)cc(CC2CCCCN2)c1OC. The third-order valence-corrected chi connectivity index (χ3v) is 4.13. The van der Waals surface area contributed by atoms with Gasteiger partial charge in [-0.05, 0) is 55.5 Å². The molecule has 0 amide bonds. The van der Waals surface area contributed by atoms with Gasteiger partial charge in [0.1, 0.15) is 5.75 Å². The van der Waals surface area contributed by atoms with Crippen LogP contribution in [0.5, 0.6) is 5.75 Å². The molecule has 1 fully saturated rings. The van der Waals surface area contributed by atoms with Crippen LogP contribution in [-0.4, -0.2) is 19.7 Å². The molecular formula is C15H22BrNO. The fourth-order valence-electron chi connectivity index (χ4n) is 2.75. The van der Waals surface area contributed by atoms with Gasteiger partial charge in [0.2, 0.25) is 0 Å². The van der Waals surface area contributed by atoms with Crippen LogP contribution in [0.4, 0.5) is 0 Å². The Morgan fingerprint density at radius 3 is 2.72 bits per heavy atom. The Kier molecular flexibility index (Phi) is 5.07. The number of methoxy groups -OCH3 is 1. The lowest BCUT2D eigenvalue weighted by Crippen LogP contribution is -2.35. The summed E-state index contributed by atoms with van der Waals surface area (Å²) in [4.78, 5) is 0. The van der Waals surface area contributed by atoms with Crippen molar-refractivity contribution in [2.24, 2.45) is 0 Å². The van der Waals surface area contributed by atoms with Crippen molar-refractivity contribution in [2.45, 2.75) is 45.1 Å². The fraction of sp³-hybridized carbons (Fsp3) is 0.600. The molecule has 1 aromatic rings. The summed E-state index contributed by atoms with van der Waals surface area (Å²) < 4.78 is 6.77. The van der Waals surface area contributed by atoms with Crippen LogP contribution in [0.15, 0.2) is 16.6 Å². The Morgan fingerprint density at radius 2 is 2.11 bits per heavy atom. The molecule has 1 unspecified atom stereocenters. The van der Waals surface area contributed by atoms with Crippen LogP contribution >= 0.6 is 15.9 Å². The lowest BCUT2D eigenvalue weighted by Gasteiger charge is -2.25. The van der Waals surface area contributed by atoms with Gasteiger partial charge in [-0.15, -0.1) is 0 Å². The highest BCUT2D eigenvalue weighted by Crippen LogP contribution is 2.30. The summed E-state index contributed by atoms with van der Waals surface area (Å²) in [7, 11) is 1.78. The topological polar surface area (TPSA) is 21.3 Å². The smallest absolute Gasteiger partial charge is 0.125 e. The molecule has 1 aliphatic heterocycles. The minimum atomic E-state index is 0.603. The molecule has 0 spiro atoms. The van der Waals surface area contributed by atoms with E-state index in [1.807, 2.05) is 0 Å². The molecule has 18 heavy (non-hydrogen) atoms. The first kappa shape index (κ1) is 13.9. The highest BCUT2D eigenvalue weighted by atomic mass is 79.9. The van der Waals surface area contributed by atoms with Crippen molar-refractivity contribution in [1.82, 2.24) is 5.32 Å². The molecular weight excluding hydrogens is 290 g/mol. The van der Waals surface area contributed by atoms with Gasteiger partial charge in [-0.3, -0.25) is 0 Å². The van der Waals surface area contributed by atoms with Gasteiger partial charge >= 0.3 is 0 Å². The van der Waals surface area contributed by atoms with E-state index in [-0.39, 0.29) is 0 Å². The monoisotopic (exact) mass is 311 g/mol. The van der Waals surface area contributed by atoms with Gasteiger partial charge in [0.25, 0.3) is 0 Å². The number of aryl methyl sites for hydroxylation is 1. The number of nitrogens with one attached hydrogen (secondary N) is 1. The van der Waals surface area contributed by atoms with Crippen molar-refractivity contribution in [1.29, 1.82) is 0 Å². The van der Waals surface area contributed by atoms with Gasteiger partial charge in [0.15, 0.2) is 0 Å². The summed E-state index contributed by atoms with van der Waals surface area (Å²) in [6.45, 7) is 3.33. The third kappa shape index (κ3) is 3.27. The maximum Gasteiger partial charge on any atom is 0.125 e. The summed E-state index contributed by atoms with van der Waals surface area (Å²) in [6, 6.07) is 4.97. The van der Waals surface area contributed by atoms with Crippen LogP contribution in [-0.2, 0) is 12.8 Å². The standard InChI is InChI=1S/C15H22BrNO/c1-3-11-8-13(16)9-12(15(11)18-2)10-14-6-4-5-7-17-14/h8-9,14,17H,3-7,10H2,1-2H3. The van der Waals surface area contributed by atoms with Crippen LogP contribution in [0, 0.1) is 0 Å². The summed E-state index contributed by atoms with van der Waals surface area (Å²) in [5, 5.41) is 3.60. The van der Waals surface area contributed by atoms with Gasteiger partial charge < -0.3 is 10.1 Å². The molecule has 100 valence electrons. The molecule has 0 saturated carbocycles. The predicted octanol–water partition coefficient (Wildman–Crippen LogP) is 3.70. The van der Waals surface area contributed by atoms with E-state index < -0.39 is 0 Å². The summed E-state index contributed by atoms with van der Waals surface area (Å²) in [5.41, 5.74) is 2.61. The normalized spacial score (nSPS) is 19.8. The van der Waals surface area contributed by atoms with E-state index in [1.54, 1.807) is 7.11 Å².